The van der Waals surface area contributed by atoms with Gasteiger partial charge in [-0.2, -0.15) is 0 Å². The quantitative estimate of drug-likeness (QED) is 0.224. The van der Waals surface area contributed by atoms with E-state index in [1.54, 1.807) is 50.8 Å². The van der Waals surface area contributed by atoms with Crippen LogP contribution in [0.3, 0.4) is 0 Å². The second-order valence-corrected chi connectivity index (χ2v) is 10.6. The summed E-state index contributed by atoms with van der Waals surface area (Å²) in [5, 5.41) is 16.8. The number of carbonyl (C=O) groups excluding carboxylic acids is 2. The number of amides is 1. The van der Waals surface area contributed by atoms with Crippen molar-refractivity contribution in [3.05, 3.63) is 66.5 Å². The van der Waals surface area contributed by atoms with E-state index in [-0.39, 0.29) is 31.6 Å². The van der Waals surface area contributed by atoms with Crippen LogP contribution in [0.15, 0.2) is 60.9 Å². The minimum atomic E-state index is -0.652. The van der Waals surface area contributed by atoms with Gasteiger partial charge in [-0.05, 0) is 46.2 Å². The molecule has 1 heterocycles. The molecule has 0 bridgehead atoms. The van der Waals surface area contributed by atoms with Crippen LogP contribution in [0.1, 0.15) is 46.2 Å². The monoisotopic (exact) mass is 549 g/mol. The van der Waals surface area contributed by atoms with E-state index >= 15 is 0 Å². The molecule has 2 atom stereocenters. The van der Waals surface area contributed by atoms with E-state index in [4.69, 9.17) is 9.47 Å². The molecule has 0 saturated heterocycles. The van der Waals surface area contributed by atoms with E-state index in [0.29, 0.717) is 22.8 Å². The molecule has 2 aromatic carbocycles. The number of esters is 1. The van der Waals surface area contributed by atoms with Crippen molar-refractivity contribution in [1.82, 2.24) is 14.9 Å². The SMILES string of the molecule is COc1cc2ncnc(N[C@H](C)c3ccccc3)c2cc1NC(=O)C=CCN(CC(=O)OC(C)(C)C)C[C@H](C)O. The number of methoxy groups -OCH3 is 1. The number of carbonyl (C=O) groups is 2. The number of nitrogens with zero attached hydrogens (tertiary/aromatic N) is 3. The van der Waals surface area contributed by atoms with Crippen molar-refractivity contribution in [2.45, 2.75) is 52.4 Å². The zero-order chi connectivity index (χ0) is 29.3. The van der Waals surface area contributed by atoms with Crippen LogP contribution < -0.4 is 15.4 Å². The Labute approximate surface area is 235 Å². The van der Waals surface area contributed by atoms with Gasteiger partial charge in [0.1, 0.15) is 23.5 Å². The maximum atomic E-state index is 12.8. The lowest BCUT2D eigenvalue weighted by Crippen LogP contribution is -2.38. The van der Waals surface area contributed by atoms with Gasteiger partial charge in [0.05, 0.1) is 31.0 Å². The molecule has 0 unspecified atom stereocenters. The average molecular weight is 550 g/mol. The zero-order valence-electron chi connectivity index (χ0n) is 24.0. The Morgan fingerprint density at radius 3 is 2.50 bits per heavy atom. The lowest BCUT2D eigenvalue weighted by atomic mass is 10.1. The molecule has 3 rings (SSSR count). The number of fused-ring (bicyclic) bond motifs is 1. The first-order valence-electron chi connectivity index (χ1n) is 13.2. The molecule has 3 aromatic rings. The predicted molar refractivity (Wildman–Crippen MR) is 156 cm³/mol. The number of benzene rings is 2. The maximum Gasteiger partial charge on any atom is 0.320 e. The molecule has 0 saturated carbocycles. The van der Waals surface area contributed by atoms with Crippen LogP contribution in [0, 0.1) is 0 Å². The van der Waals surface area contributed by atoms with Crippen molar-refractivity contribution < 1.29 is 24.2 Å². The molecule has 1 amide bonds. The van der Waals surface area contributed by atoms with Gasteiger partial charge in [0.2, 0.25) is 5.91 Å². The Balaban J connectivity index is 1.74. The second-order valence-electron chi connectivity index (χ2n) is 10.6. The summed E-state index contributed by atoms with van der Waals surface area (Å²) in [6.07, 6.45) is 3.85. The molecule has 214 valence electrons. The lowest BCUT2D eigenvalue weighted by Gasteiger charge is -2.25. The third-order valence-electron chi connectivity index (χ3n) is 5.80. The van der Waals surface area contributed by atoms with Gasteiger partial charge >= 0.3 is 5.97 Å². The molecule has 0 aliphatic heterocycles. The molecule has 0 aliphatic rings. The van der Waals surface area contributed by atoms with Gasteiger partial charge in [-0.15, -0.1) is 0 Å². The largest absolute Gasteiger partial charge is 0.494 e. The summed E-state index contributed by atoms with van der Waals surface area (Å²) in [6, 6.07) is 13.5. The van der Waals surface area contributed by atoms with Crippen LogP contribution in [0.2, 0.25) is 0 Å². The third-order valence-corrected chi connectivity index (χ3v) is 5.80. The first-order valence-corrected chi connectivity index (χ1v) is 13.2. The van der Waals surface area contributed by atoms with Gasteiger partial charge in [0.15, 0.2) is 0 Å². The normalized spacial score (nSPS) is 13.3. The summed E-state index contributed by atoms with van der Waals surface area (Å²) in [7, 11) is 1.52. The van der Waals surface area contributed by atoms with Gasteiger partial charge < -0.3 is 25.2 Å². The molecule has 3 N–H and O–H groups in total. The van der Waals surface area contributed by atoms with Gasteiger partial charge in [0.25, 0.3) is 0 Å². The average Bonchev–Trinajstić information content (AvgIpc) is 2.87. The van der Waals surface area contributed by atoms with Crippen LogP contribution in [0.5, 0.6) is 5.75 Å². The van der Waals surface area contributed by atoms with Crippen molar-refractivity contribution in [3.8, 4) is 5.75 Å². The Morgan fingerprint density at radius 2 is 1.85 bits per heavy atom. The summed E-state index contributed by atoms with van der Waals surface area (Å²) in [5.74, 6) is 0.303. The Kier molecular flexibility index (Phi) is 10.6. The highest BCUT2D eigenvalue weighted by molar-refractivity contribution is 6.03. The number of anilines is 2. The molecule has 0 spiro atoms. The molecule has 10 heteroatoms. The van der Waals surface area contributed by atoms with Crippen molar-refractivity contribution in [1.29, 1.82) is 0 Å². The molecule has 0 radical (unpaired) electrons. The highest BCUT2D eigenvalue weighted by atomic mass is 16.6. The van der Waals surface area contributed by atoms with Gasteiger partial charge in [-0.25, -0.2) is 9.97 Å². The van der Waals surface area contributed by atoms with Crippen LogP contribution in [0.25, 0.3) is 10.9 Å². The Bertz CT molecular complexity index is 1320. The first kappa shape index (κ1) is 30.5. The number of ether oxygens (including phenoxy) is 2. The third kappa shape index (κ3) is 9.32. The van der Waals surface area contributed by atoms with E-state index in [2.05, 4.69) is 20.6 Å². The molecule has 10 nitrogen and oxygen atoms in total. The fourth-order valence-corrected chi connectivity index (χ4v) is 4.11. The van der Waals surface area contributed by atoms with E-state index in [0.717, 1.165) is 10.9 Å². The van der Waals surface area contributed by atoms with Crippen LogP contribution in [-0.2, 0) is 14.3 Å². The topological polar surface area (TPSA) is 126 Å². The van der Waals surface area contributed by atoms with E-state index in [9.17, 15) is 14.7 Å². The summed E-state index contributed by atoms with van der Waals surface area (Å²) in [5.41, 5.74) is 1.63. The lowest BCUT2D eigenvalue weighted by molar-refractivity contribution is -0.156. The number of aromatic nitrogens is 2. The van der Waals surface area contributed by atoms with Crippen LogP contribution in [-0.4, -0.2) is 70.3 Å². The summed E-state index contributed by atoms with van der Waals surface area (Å²) >= 11 is 0. The predicted octanol–water partition coefficient (Wildman–Crippen LogP) is 4.33. The van der Waals surface area contributed by atoms with Gasteiger partial charge in [0, 0.05) is 36.7 Å². The van der Waals surface area contributed by atoms with Gasteiger partial charge in [-0.3, -0.25) is 14.5 Å². The molecular weight excluding hydrogens is 510 g/mol. The van der Waals surface area contributed by atoms with E-state index in [1.165, 1.54) is 19.5 Å². The van der Waals surface area contributed by atoms with E-state index < -0.39 is 17.7 Å². The standard InChI is InChI=1S/C30H39N5O5/c1-20(36)17-35(18-28(38)40-30(3,4)5)14-10-13-27(37)34-25-15-23-24(16-26(25)39-6)31-19-32-29(23)33-21(2)22-11-8-7-9-12-22/h7-13,15-16,19-21,36H,14,17-18H2,1-6H3,(H,34,37)(H,31,32,33)/t20-,21+/m0/s1. The molecule has 0 aliphatic carbocycles. The van der Waals surface area contributed by atoms with E-state index in [1.807, 2.05) is 37.3 Å². The number of aliphatic hydroxyl groups excluding tert-OH is 1. The maximum absolute atomic E-state index is 12.8. The summed E-state index contributed by atoms with van der Waals surface area (Å²) in [4.78, 5) is 35.6. The highest BCUT2D eigenvalue weighted by Gasteiger charge is 2.19. The van der Waals surface area contributed by atoms with Gasteiger partial charge in [-0.1, -0.05) is 36.4 Å². The second kappa shape index (κ2) is 13.9. The number of hydrogen-bond acceptors (Lipinski definition) is 9. The molecule has 1 aromatic heterocycles. The minimum absolute atomic E-state index is 0.00681. The summed E-state index contributed by atoms with van der Waals surface area (Å²) < 4.78 is 10.9. The Hall–Kier alpha value is -4.02. The smallest absolute Gasteiger partial charge is 0.320 e. The fourth-order valence-electron chi connectivity index (χ4n) is 4.11. The number of nitrogens with one attached hydrogen (secondary N) is 2. The van der Waals surface area contributed by atoms with Crippen LogP contribution >= 0.6 is 0 Å². The number of aliphatic hydroxyl groups is 1. The summed E-state index contributed by atoms with van der Waals surface area (Å²) in [6.45, 7) is 9.58. The van der Waals surface area contributed by atoms with Crippen molar-refractivity contribution >= 4 is 34.3 Å². The fraction of sp³-hybridized carbons (Fsp3) is 0.400. The zero-order valence-corrected chi connectivity index (χ0v) is 24.0. The molecule has 40 heavy (non-hydrogen) atoms. The van der Waals surface area contributed by atoms with Crippen LogP contribution in [0.4, 0.5) is 11.5 Å². The minimum Gasteiger partial charge on any atom is -0.494 e. The molecular formula is C30H39N5O5. The molecule has 0 fully saturated rings. The Morgan fingerprint density at radius 1 is 1.12 bits per heavy atom. The first-order chi connectivity index (χ1) is 18.9. The highest BCUT2D eigenvalue weighted by Crippen LogP contribution is 2.33. The number of hydrogen-bond donors (Lipinski definition) is 3. The number of rotatable bonds is 12. The van der Waals surface area contributed by atoms with Crippen molar-refractivity contribution in [2.75, 3.05) is 37.4 Å². The van der Waals surface area contributed by atoms with Crippen molar-refractivity contribution in [2.24, 2.45) is 0 Å². The van der Waals surface area contributed by atoms with Crippen molar-refractivity contribution in [3.63, 3.8) is 0 Å².